The van der Waals surface area contributed by atoms with Crippen molar-refractivity contribution in [1.82, 2.24) is 4.72 Å². The number of carbonyl (C=O) groups is 2. The molecule has 3 rings (SSSR count). The van der Waals surface area contributed by atoms with E-state index < -0.39 is 39.9 Å². The maximum Gasteiger partial charge on any atom is 0.516 e. The first kappa shape index (κ1) is 25.7. The van der Waals surface area contributed by atoms with Gasteiger partial charge in [-0.05, 0) is 24.1 Å². The molecular formula is C22H21ClF3N3O4S. The number of nitrogens with one attached hydrogen (secondary N) is 1. The van der Waals surface area contributed by atoms with Gasteiger partial charge in [-0.25, -0.2) is 4.72 Å². The van der Waals surface area contributed by atoms with E-state index in [4.69, 9.17) is 11.6 Å². The van der Waals surface area contributed by atoms with Crippen LogP contribution in [0.3, 0.4) is 0 Å². The van der Waals surface area contributed by atoms with Gasteiger partial charge in [-0.2, -0.15) is 21.6 Å². The fourth-order valence-corrected chi connectivity index (χ4v) is 4.09. The number of hydrogen-bond acceptors (Lipinski definition) is 5. The van der Waals surface area contributed by atoms with Gasteiger partial charge in [0.25, 0.3) is 11.8 Å². The highest BCUT2D eigenvalue weighted by atomic mass is 35.5. The highest BCUT2D eigenvalue weighted by Crippen LogP contribution is 2.33. The number of fused-ring (bicyclic) bond motifs is 1. The lowest BCUT2D eigenvalue weighted by Gasteiger charge is -2.26. The Bertz CT molecular complexity index is 1230. The number of amides is 2. The number of anilines is 1. The van der Waals surface area contributed by atoms with Crippen LogP contribution in [-0.4, -0.2) is 44.0 Å². The predicted molar refractivity (Wildman–Crippen MR) is 122 cm³/mol. The quantitative estimate of drug-likeness (QED) is 0.631. The normalized spacial score (nSPS) is 17.5. The Morgan fingerprint density at radius 3 is 2.44 bits per heavy atom. The molecule has 1 heterocycles. The molecule has 12 heteroatoms. The first-order chi connectivity index (χ1) is 15.9. The summed E-state index contributed by atoms with van der Waals surface area (Å²) in [5, 5.41) is 0.306. The molecule has 2 aromatic carbocycles. The van der Waals surface area contributed by atoms with Crippen molar-refractivity contribution in [2.75, 3.05) is 11.4 Å². The van der Waals surface area contributed by atoms with Gasteiger partial charge < -0.3 is 4.90 Å². The fraction of sp³-hybridized carbons (Fsp3) is 0.318. The van der Waals surface area contributed by atoms with Crippen LogP contribution in [0.4, 0.5) is 18.9 Å². The van der Waals surface area contributed by atoms with E-state index >= 15 is 0 Å². The van der Waals surface area contributed by atoms with Gasteiger partial charge in [-0.1, -0.05) is 62.2 Å². The van der Waals surface area contributed by atoms with Crippen molar-refractivity contribution in [3.63, 3.8) is 0 Å². The number of hydrogen-bond donors (Lipinski definition) is 1. The van der Waals surface area contributed by atoms with Crippen molar-refractivity contribution in [1.29, 1.82) is 0 Å². The summed E-state index contributed by atoms with van der Waals surface area (Å²) in [5.74, 6) is -2.46. The minimum absolute atomic E-state index is 0.169. The van der Waals surface area contributed by atoms with Gasteiger partial charge in [0.2, 0.25) is 0 Å². The van der Waals surface area contributed by atoms with Crippen LogP contribution < -0.4 is 9.62 Å². The molecule has 0 unspecified atom stereocenters. The number of benzene rings is 2. The number of rotatable bonds is 6. The number of sulfonamides is 1. The van der Waals surface area contributed by atoms with Crippen molar-refractivity contribution >= 4 is 44.8 Å². The van der Waals surface area contributed by atoms with E-state index in [0.29, 0.717) is 28.3 Å². The van der Waals surface area contributed by atoms with Gasteiger partial charge >= 0.3 is 15.5 Å². The maximum absolute atomic E-state index is 13.5. The predicted octanol–water partition coefficient (Wildman–Crippen LogP) is 3.90. The van der Waals surface area contributed by atoms with Crippen molar-refractivity contribution in [2.45, 2.75) is 31.8 Å². The van der Waals surface area contributed by atoms with Crippen LogP contribution in [0.15, 0.2) is 53.5 Å². The molecule has 0 bridgehead atoms. The molecule has 0 spiro atoms. The second-order valence-electron chi connectivity index (χ2n) is 7.73. The van der Waals surface area contributed by atoms with Crippen molar-refractivity contribution in [3.05, 3.63) is 64.7 Å². The van der Waals surface area contributed by atoms with Crippen LogP contribution in [-0.2, 0) is 19.6 Å². The summed E-state index contributed by atoms with van der Waals surface area (Å²) in [7, 11) is -5.93. The zero-order chi connectivity index (χ0) is 25.3. The molecular weight excluding hydrogens is 495 g/mol. The summed E-state index contributed by atoms with van der Waals surface area (Å²) in [6.07, 6.45) is 0.543. The lowest BCUT2D eigenvalue weighted by Crippen LogP contribution is -2.49. The summed E-state index contributed by atoms with van der Waals surface area (Å²) in [4.78, 5) is 31.5. The average Bonchev–Trinajstić information content (AvgIpc) is 2.87. The summed E-state index contributed by atoms with van der Waals surface area (Å²) in [6, 6.07) is 12.4. The number of benzodiazepines with no additional fused rings is 1. The molecule has 0 aliphatic carbocycles. The third-order valence-electron chi connectivity index (χ3n) is 5.38. The van der Waals surface area contributed by atoms with Crippen molar-refractivity contribution < 1.29 is 31.2 Å². The molecule has 1 aliphatic rings. The Hall–Kier alpha value is -2.92. The van der Waals surface area contributed by atoms with Crippen molar-refractivity contribution in [2.24, 2.45) is 10.9 Å². The van der Waals surface area contributed by atoms with Crippen LogP contribution in [0.2, 0.25) is 5.02 Å². The third-order valence-corrected chi connectivity index (χ3v) is 6.72. The SMILES string of the molecule is CC[C@H](C)[C@@H]1N=C(c2ccccc2)c2cc(Cl)ccc2N(CC(=O)NS(=O)(=O)C(F)(F)F)C1=O. The van der Waals surface area contributed by atoms with Crippen LogP contribution in [0.25, 0.3) is 0 Å². The molecule has 0 saturated heterocycles. The highest BCUT2D eigenvalue weighted by Gasteiger charge is 2.47. The number of aliphatic imine (C=N–C) groups is 1. The van der Waals surface area contributed by atoms with Gasteiger partial charge in [-0.3, -0.25) is 14.6 Å². The third kappa shape index (κ3) is 5.25. The van der Waals surface area contributed by atoms with Crippen LogP contribution in [0.1, 0.15) is 31.4 Å². The van der Waals surface area contributed by atoms with E-state index in [-0.39, 0.29) is 11.6 Å². The molecule has 2 aromatic rings. The Morgan fingerprint density at radius 1 is 1.21 bits per heavy atom. The molecule has 0 radical (unpaired) electrons. The minimum Gasteiger partial charge on any atom is -0.300 e. The monoisotopic (exact) mass is 515 g/mol. The number of carbonyl (C=O) groups excluding carboxylic acids is 2. The smallest absolute Gasteiger partial charge is 0.300 e. The molecule has 34 heavy (non-hydrogen) atoms. The van der Waals surface area contributed by atoms with Crippen LogP contribution in [0, 0.1) is 5.92 Å². The Morgan fingerprint density at radius 2 is 1.85 bits per heavy atom. The molecule has 7 nitrogen and oxygen atoms in total. The van der Waals surface area contributed by atoms with Gasteiger partial charge in [0.05, 0.1) is 11.4 Å². The second-order valence-corrected chi connectivity index (χ2v) is 9.84. The molecule has 1 aliphatic heterocycles. The fourth-order valence-electron chi connectivity index (χ4n) is 3.44. The van der Waals surface area contributed by atoms with Gasteiger partial charge in [0.1, 0.15) is 12.6 Å². The lowest BCUT2D eigenvalue weighted by molar-refractivity contribution is -0.124. The number of nitrogens with zero attached hydrogens (tertiary/aromatic N) is 2. The summed E-state index contributed by atoms with van der Waals surface area (Å²) < 4.78 is 62.0. The van der Waals surface area contributed by atoms with E-state index in [2.05, 4.69) is 4.99 Å². The van der Waals surface area contributed by atoms with Crippen LogP contribution in [0.5, 0.6) is 0 Å². The largest absolute Gasteiger partial charge is 0.516 e. The topological polar surface area (TPSA) is 95.9 Å². The Labute approximate surface area is 199 Å². The summed E-state index contributed by atoms with van der Waals surface area (Å²) in [6.45, 7) is 2.66. The Balaban J connectivity index is 2.13. The van der Waals surface area contributed by atoms with E-state index in [1.54, 1.807) is 37.3 Å². The summed E-state index contributed by atoms with van der Waals surface area (Å²) in [5.41, 5.74) is -4.05. The first-order valence-corrected chi connectivity index (χ1v) is 12.1. The standard InChI is InChI=1S/C22H21ClF3N3O4S/c1-3-13(2)19-21(31)29(12-18(30)28-34(32,33)22(24,25)26)17-10-9-15(23)11-16(17)20(27-19)14-7-5-4-6-8-14/h4-11,13,19H,3,12H2,1-2H3,(H,28,30)/t13-,19-/m0/s1. The van der Waals surface area contributed by atoms with E-state index in [1.165, 1.54) is 18.2 Å². The van der Waals surface area contributed by atoms with Gasteiger partial charge in [0.15, 0.2) is 0 Å². The van der Waals surface area contributed by atoms with Gasteiger partial charge in [-0.15, -0.1) is 0 Å². The molecule has 2 atom stereocenters. The summed E-state index contributed by atoms with van der Waals surface area (Å²) >= 11 is 6.19. The Kier molecular flexibility index (Phi) is 7.37. The van der Waals surface area contributed by atoms with Gasteiger partial charge in [0, 0.05) is 16.1 Å². The molecule has 1 N–H and O–H groups in total. The van der Waals surface area contributed by atoms with Crippen LogP contribution >= 0.6 is 11.6 Å². The first-order valence-electron chi connectivity index (χ1n) is 10.2. The van der Waals surface area contributed by atoms with E-state index in [1.807, 2.05) is 6.92 Å². The zero-order valence-corrected chi connectivity index (χ0v) is 19.7. The molecule has 0 aromatic heterocycles. The number of alkyl halides is 3. The molecule has 0 fully saturated rings. The molecule has 2 amide bonds. The lowest BCUT2D eigenvalue weighted by atomic mass is 9.98. The molecule has 0 saturated carbocycles. The maximum atomic E-state index is 13.5. The highest BCUT2D eigenvalue weighted by molar-refractivity contribution is 7.90. The minimum atomic E-state index is -5.93. The second kappa shape index (κ2) is 9.75. The molecule has 182 valence electrons. The van der Waals surface area contributed by atoms with Crippen molar-refractivity contribution in [3.8, 4) is 0 Å². The van der Waals surface area contributed by atoms with E-state index in [9.17, 15) is 31.2 Å². The van der Waals surface area contributed by atoms with E-state index in [0.717, 1.165) is 9.62 Å². The zero-order valence-electron chi connectivity index (χ0n) is 18.1. The number of halogens is 4. The average molecular weight is 516 g/mol.